The van der Waals surface area contributed by atoms with E-state index in [1.165, 1.54) is 6.92 Å². The Morgan fingerprint density at radius 3 is 2.29 bits per heavy atom. The molecular weight excluding hydrogens is 216 g/mol. The predicted molar refractivity (Wildman–Crippen MR) is 68.0 cm³/mol. The smallest absolute Gasteiger partial charge is 0.251 e. The Morgan fingerprint density at radius 2 is 1.82 bits per heavy atom. The van der Waals surface area contributed by atoms with Crippen LogP contribution in [0.4, 0.5) is 5.69 Å². The third kappa shape index (κ3) is 4.26. The standard InChI is InChI=1S/C13H18N2O2/c1-4-9(2)14-13(17)11-5-7-12(8-6-11)15-10(3)16/h5-9H,4H2,1-3H3,(H,14,17)(H,15,16)/t9-/m1/s1. The summed E-state index contributed by atoms with van der Waals surface area (Å²) in [6, 6.07) is 6.99. The van der Waals surface area contributed by atoms with Crippen molar-refractivity contribution in [2.75, 3.05) is 5.32 Å². The molecule has 0 bridgehead atoms. The molecule has 0 aliphatic rings. The summed E-state index contributed by atoms with van der Waals surface area (Å²) in [5.41, 5.74) is 1.29. The van der Waals surface area contributed by atoms with E-state index in [1.807, 2.05) is 13.8 Å². The molecule has 92 valence electrons. The molecule has 0 aliphatic carbocycles. The average Bonchev–Trinajstić information content (AvgIpc) is 2.28. The molecule has 4 heteroatoms. The van der Waals surface area contributed by atoms with Gasteiger partial charge in [-0.15, -0.1) is 0 Å². The van der Waals surface area contributed by atoms with Crippen molar-refractivity contribution in [2.24, 2.45) is 0 Å². The number of nitrogens with one attached hydrogen (secondary N) is 2. The maximum Gasteiger partial charge on any atom is 0.251 e. The second kappa shape index (κ2) is 6.03. The SMILES string of the molecule is CC[C@@H](C)NC(=O)c1ccc(NC(C)=O)cc1. The van der Waals surface area contributed by atoms with E-state index in [4.69, 9.17) is 0 Å². The van der Waals surface area contributed by atoms with Gasteiger partial charge in [-0.1, -0.05) is 6.92 Å². The van der Waals surface area contributed by atoms with Crippen LogP contribution in [0.15, 0.2) is 24.3 Å². The lowest BCUT2D eigenvalue weighted by molar-refractivity contribution is -0.114. The third-order valence-corrected chi connectivity index (χ3v) is 2.46. The summed E-state index contributed by atoms with van der Waals surface area (Å²) < 4.78 is 0. The van der Waals surface area contributed by atoms with Crippen LogP contribution in [-0.2, 0) is 4.79 Å². The maximum absolute atomic E-state index is 11.7. The van der Waals surface area contributed by atoms with E-state index in [0.717, 1.165) is 6.42 Å². The quantitative estimate of drug-likeness (QED) is 0.838. The van der Waals surface area contributed by atoms with Crippen molar-refractivity contribution in [3.8, 4) is 0 Å². The van der Waals surface area contributed by atoms with E-state index >= 15 is 0 Å². The minimum absolute atomic E-state index is 0.0891. The lowest BCUT2D eigenvalue weighted by atomic mass is 10.1. The first kappa shape index (κ1) is 13.2. The van der Waals surface area contributed by atoms with Crippen molar-refractivity contribution in [2.45, 2.75) is 33.2 Å². The molecule has 0 fully saturated rings. The monoisotopic (exact) mass is 234 g/mol. The molecule has 0 heterocycles. The molecule has 0 saturated carbocycles. The largest absolute Gasteiger partial charge is 0.350 e. The van der Waals surface area contributed by atoms with Crippen molar-refractivity contribution < 1.29 is 9.59 Å². The lowest BCUT2D eigenvalue weighted by Gasteiger charge is -2.11. The summed E-state index contributed by atoms with van der Waals surface area (Å²) in [6.07, 6.45) is 0.899. The number of rotatable bonds is 4. The van der Waals surface area contributed by atoms with Gasteiger partial charge in [-0.3, -0.25) is 9.59 Å². The predicted octanol–water partition coefficient (Wildman–Crippen LogP) is 2.17. The van der Waals surface area contributed by atoms with E-state index < -0.39 is 0 Å². The van der Waals surface area contributed by atoms with Crippen molar-refractivity contribution in [1.82, 2.24) is 5.32 Å². The Morgan fingerprint density at radius 1 is 1.24 bits per heavy atom. The molecule has 0 unspecified atom stereocenters. The molecule has 0 radical (unpaired) electrons. The molecule has 1 aromatic rings. The van der Waals surface area contributed by atoms with E-state index in [0.29, 0.717) is 11.3 Å². The van der Waals surface area contributed by atoms with Gasteiger partial charge in [0, 0.05) is 24.2 Å². The number of amides is 2. The molecule has 4 nitrogen and oxygen atoms in total. The Kier molecular flexibility index (Phi) is 4.69. The molecule has 2 amide bonds. The van der Waals surface area contributed by atoms with Crippen LogP contribution in [0, 0.1) is 0 Å². The van der Waals surface area contributed by atoms with Gasteiger partial charge in [0.25, 0.3) is 5.91 Å². The molecule has 0 spiro atoms. The lowest BCUT2D eigenvalue weighted by Crippen LogP contribution is -2.31. The van der Waals surface area contributed by atoms with Gasteiger partial charge in [0.05, 0.1) is 0 Å². The van der Waals surface area contributed by atoms with Gasteiger partial charge in [0.1, 0.15) is 0 Å². The molecule has 0 aliphatic heterocycles. The van der Waals surface area contributed by atoms with Crippen LogP contribution in [0.25, 0.3) is 0 Å². The van der Waals surface area contributed by atoms with Crippen molar-refractivity contribution >= 4 is 17.5 Å². The van der Waals surface area contributed by atoms with E-state index in [9.17, 15) is 9.59 Å². The summed E-state index contributed by atoms with van der Waals surface area (Å²) in [6.45, 7) is 5.43. The second-order valence-corrected chi connectivity index (χ2v) is 4.04. The van der Waals surface area contributed by atoms with E-state index in [1.54, 1.807) is 24.3 Å². The van der Waals surface area contributed by atoms with Gasteiger partial charge in [-0.2, -0.15) is 0 Å². The Hall–Kier alpha value is -1.84. The number of hydrogen-bond acceptors (Lipinski definition) is 2. The van der Waals surface area contributed by atoms with Gasteiger partial charge < -0.3 is 10.6 Å². The number of benzene rings is 1. The van der Waals surface area contributed by atoms with Crippen LogP contribution < -0.4 is 10.6 Å². The summed E-state index contributed by atoms with van der Waals surface area (Å²) in [7, 11) is 0. The van der Waals surface area contributed by atoms with Gasteiger partial charge in [0.15, 0.2) is 0 Å². The first-order valence-corrected chi connectivity index (χ1v) is 5.71. The minimum atomic E-state index is -0.123. The van der Waals surface area contributed by atoms with Crippen molar-refractivity contribution in [3.63, 3.8) is 0 Å². The number of anilines is 1. The Balaban J connectivity index is 2.67. The molecule has 0 aromatic heterocycles. The van der Waals surface area contributed by atoms with Crippen molar-refractivity contribution in [3.05, 3.63) is 29.8 Å². The fourth-order valence-electron chi connectivity index (χ4n) is 1.32. The molecule has 1 atom stereocenters. The number of carbonyl (C=O) groups is 2. The highest BCUT2D eigenvalue weighted by Gasteiger charge is 2.08. The zero-order chi connectivity index (χ0) is 12.8. The summed E-state index contributed by atoms with van der Waals surface area (Å²) in [5, 5.41) is 5.53. The zero-order valence-corrected chi connectivity index (χ0v) is 10.4. The van der Waals surface area contributed by atoms with Gasteiger partial charge in [-0.25, -0.2) is 0 Å². The maximum atomic E-state index is 11.7. The summed E-state index contributed by atoms with van der Waals surface area (Å²) in [5.74, 6) is -0.212. The molecule has 1 rings (SSSR count). The third-order valence-electron chi connectivity index (χ3n) is 2.46. The fraction of sp³-hybridized carbons (Fsp3) is 0.385. The molecule has 0 saturated heterocycles. The van der Waals surface area contributed by atoms with E-state index in [-0.39, 0.29) is 17.9 Å². The van der Waals surface area contributed by atoms with Crippen molar-refractivity contribution in [1.29, 1.82) is 0 Å². The van der Waals surface area contributed by atoms with Crippen LogP contribution >= 0.6 is 0 Å². The molecule has 17 heavy (non-hydrogen) atoms. The zero-order valence-electron chi connectivity index (χ0n) is 10.4. The first-order valence-electron chi connectivity index (χ1n) is 5.71. The molecule has 2 N–H and O–H groups in total. The van der Waals surface area contributed by atoms with Gasteiger partial charge >= 0.3 is 0 Å². The van der Waals surface area contributed by atoms with Crippen LogP contribution in [-0.4, -0.2) is 17.9 Å². The van der Waals surface area contributed by atoms with Crippen LogP contribution in [0.1, 0.15) is 37.6 Å². The average molecular weight is 234 g/mol. The topological polar surface area (TPSA) is 58.2 Å². The Labute approximate surface area is 101 Å². The minimum Gasteiger partial charge on any atom is -0.350 e. The summed E-state index contributed by atoms with van der Waals surface area (Å²) in [4.78, 5) is 22.6. The highest BCUT2D eigenvalue weighted by molar-refractivity contribution is 5.95. The highest BCUT2D eigenvalue weighted by Crippen LogP contribution is 2.09. The Bertz CT molecular complexity index is 398. The number of carbonyl (C=O) groups excluding carboxylic acids is 2. The van der Waals surface area contributed by atoms with Crippen LogP contribution in [0.5, 0.6) is 0 Å². The second-order valence-electron chi connectivity index (χ2n) is 4.04. The highest BCUT2D eigenvalue weighted by atomic mass is 16.2. The first-order chi connectivity index (χ1) is 8.02. The van der Waals surface area contributed by atoms with Gasteiger partial charge in [-0.05, 0) is 37.6 Å². The summed E-state index contributed by atoms with van der Waals surface area (Å²) >= 11 is 0. The fourth-order valence-corrected chi connectivity index (χ4v) is 1.32. The molecule has 1 aromatic carbocycles. The van der Waals surface area contributed by atoms with Gasteiger partial charge in [0.2, 0.25) is 5.91 Å². The van der Waals surface area contributed by atoms with Crippen LogP contribution in [0.3, 0.4) is 0 Å². The normalized spacial score (nSPS) is 11.7. The number of hydrogen-bond donors (Lipinski definition) is 2. The van der Waals surface area contributed by atoms with E-state index in [2.05, 4.69) is 10.6 Å². The van der Waals surface area contributed by atoms with Crippen LogP contribution in [0.2, 0.25) is 0 Å². The molecular formula is C13H18N2O2.